The predicted octanol–water partition coefficient (Wildman–Crippen LogP) is 0.422. The highest BCUT2D eigenvalue weighted by atomic mass is 16.6. The summed E-state index contributed by atoms with van der Waals surface area (Å²) < 4.78 is 10.8. The summed E-state index contributed by atoms with van der Waals surface area (Å²) in [6, 6.07) is 0. The molecule has 2 unspecified atom stereocenters. The molecule has 0 radical (unpaired) electrons. The Labute approximate surface area is 120 Å². The maximum atomic E-state index is 11.0. The molecular weight excluding hydrogens is 262 g/mol. The summed E-state index contributed by atoms with van der Waals surface area (Å²) >= 11 is 0. The zero-order valence-electron chi connectivity index (χ0n) is 12.2. The number of hydrogen-bond donors (Lipinski definition) is 0. The normalized spacial score (nSPS) is 29.4. The van der Waals surface area contributed by atoms with Gasteiger partial charge in [-0.3, -0.25) is 15.0 Å². The van der Waals surface area contributed by atoms with E-state index in [9.17, 15) is 10.1 Å². The van der Waals surface area contributed by atoms with Gasteiger partial charge in [-0.1, -0.05) is 6.92 Å². The van der Waals surface area contributed by atoms with Crippen LogP contribution in [-0.4, -0.2) is 79.5 Å². The first-order chi connectivity index (χ1) is 9.70. The molecule has 2 heterocycles. The van der Waals surface area contributed by atoms with Crippen molar-refractivity contribution in [3.8, 4) is 0 Å². The largest absolute Gasteiger partial charge is 0.376 e. The molecule has 0 amide bonds. The Morgan fingerprint density at radius 1 is 1.30 bits per heavy atom. The Morgan fingerprint density at radius 2 is 2.15 bits per heavy atom. The smallest absolute Gasteiger partial charge is 0.291 e. The fourth-order valence-corrected chi connectivity index (χ4v) is 2.81. The van der Waals surface area contributed by atoms with Gasteiger partial charge >= 0.3 is 0 Å². The molecule has 116 valence electrons. The van der Waals surface area contributed by atoms with E-state index >= 15 is 0 Å². The molecular formula is C13H25N3O4. The van der Waals surface area contributed by atoms with E-state index in [1.165, 1.54) is 0 Å². The SMILES string of the molecule is CCC1CN(CCCN2CCOCC2[N+](=O)[O-])CCO1. The van der Waals surface area contributed by atoms with Crippen molar-refractivity contribution < 1.29 is 14.4 Å². The summed E-state index contributed by atoms with van der Waals surface area (Å²) in [5.41, 5.74) is 0. The average Bonchev–Trinajstić information content (AvgIpc) is 2.48. The van der Waals surface area contributed by atoms with Gasteiger partial charge in [-0.15, -0.1) is 0 Å². The number of rotatable bonds is 6. The van der Waals surface area contributed by atoms with E-state index in [1.807, 2.05) is 4.90 Å². The number of hydrogen-bond acceptors (Lipinski definition) is 6. The van der Waals surface area contributed by atoms with Crippen molar-refractivity contribution in [3.05, 3.63) is 10.1 Å². The maximum absolute atomic E-state index is 11.0. The molecule has 0 aromatic rings. The standard InChI is InChI=1S/C13H25N3O4/c1-2-12-10-14(6-9-20-12)4-3-5-15-7-8-19-11-13(15)16(17)18/h12-13H,2-11H2,1H3. The maximum Gasteiger partial charge on any atom is 0.291 e. The molecule has 0 N–H and O–H groups in total. The molecule has 0 bridgehead atoms. The Kier molecular flexibility index (Phi) is 6.15. The number of morpholine rings is 2. The molecule has 2 aliphatic rings. The third-order valence-electron chi connectivity index (χ3n) is 4.05. The Bertz CT molecular complexity index is 316. The average molecular weight is 287 g/mol. The van der Waals surface area contributed by atoms with Crippen LogP contribution in [0.4, 0.5) is 0 Å². The van der Waals surface area contributed by atoms with Gasteiger partial charge in [0.2, 0.25) is 0 Å². The highest BCUT2D eigenvalue weighted by Crippen LogP contribution is 2.11. The van der Waals surface area contributed by atoms with Crippen LogP contribution in [0.25, 0.3) is 0 Å². The Morgan fingerprint density at radius 3 is 2.90 bits per heavy atom. The lowest BCUT2D eigenvalue weighted by molar-refractivity contribution is -0.559. The van der Waals surface area contributed by atoms with Crippen molar-refractivity contribution in [1.82, 2.24) is 9.80 Å². The first-order valence-corrected chi connectivity index (χ1v) is 7.50. The van der Waals surface area contributed by atoms with Gasteiger partial charge in [0, 0.05) is 31.1 Å². The lowest BCUT2D eigenvalue weighted by Gasteiger charge is -2.34. The van der Waals surface area contributed by atoms with Crippen LogP contribution in [0.2, 0.25) is 0 Å². The molecule has 2 rings (SSSR count). The van der Waals surface area contributed by atoms with Crippen LogP contribution in [0.1, 0.15) is 19.8 Å². The molecule has 7 heteroatoms. The molecule has 0 spiro atoms. The molecule has 2 atom stereocenters. The second kappa shape index (κ2) is 7.87. The van der Waals surface area contributed by atoms with Gasteiger partial charge in [0.1, 0.15) is 6.61 Å². The topological polar surface area (TPSA) is 68.1 Å². The van der Waals surface area contributed by atoms with Crippen molar-refractivity contribution >= 4 is 0 Å². The third-order valence-corrected chi connectivity index (χ3v) is 4.05. The van der Waals surface area contributed by atoms with Gasteiger partial charge in [-0.05, 0) is 19.4 Å². The van der Waals surface area contributed by atoms with E-state index in [1.54, 1.807) is 0 Å². The van der Waals surface area contributed by atoms with E-state index in [2.05, 4.69) is 11.8 Å². The predicted molar refractivity (Wildman–Crippen MR) is 74.3 cm³/mol. The summed E-state index contributed by atoms with van der Waals surface area (Å²) in [6.07, 6.45) is 1.68. The molecule has 0 saturated carbocycles. The molecule has 0 aromatic carbocycles. The summed E-state index contributed by atoms with van der Waals surface area (Å²) in [7, 11) is 0. The number of nitro groups is 1. The summed E-state index contributed by atoms with van der Waals surface area (Å²) in [5.74, 6) is 0. The van der Waals surface area contributed by atoms with Crippen LogP contribution in [0.3, 0.4) is 0 Å². The molecule has 2 fully saturated rings. The van der Waals surface area contributed by atoms with E-state index in [0.717, 1.165) is 45.6 Å². The summed E-state index contributed by atoms with van der Waals surface area (Å²) in [4.78, 5) is 15.1. The second-order valence-corrected chi connectivity index (χ2v) is 5.43. The molecule has 20 heavy (non-hydrogen) atoms. The van der Waals surface area contributed by atoms with E-state index < -0.39 is 6.17 Å². The monoisotopic (exact) mass is 287 g/mol. The molecule has 7 nitrogen and oxygen atoms in total. The lowest BCUT2D eigenvalue weighted by Crippen LogP contribution is -2.50. The highest BCUT2D eigenvalue weighted by molar-refractivity contribution is 4.72. The van der Waals surface area contributed by atoms with Crippen molar-refractivity contribution in [2.45, 2.75) is 32.0 Å². The fourth-order valence-electron chi connectivity index (χ4n) is 2.81. The zero-order chi connectivity index (χ0) is 14.4. The molecule has 2 aliphatic heterocycles. The number of ether oxygens (including phenoxy) is 2. The fraction of sp³-hybridized carbons (Fsp3) is 1.00. The van der Waals surface area contributed by atoms with Crippen molar-refractivity contribution in [2.75, 3.05) is 52.5 Å². The van der Waals surface area contributed by atoms with Gasteiger partial charge in [-0.2, -0.15) is 0 Å². The van der Waals surface area contributed by atoms with Gasteiger partial charge in [0.25, 0.3) is 6.17 Å². The molecule has 0 aromatic heterocycles. The Hall–Kier alpha value is -0.760. The van der Waals surface area contributed by atoms with Gasteiger partial charge in [-0.25, -0.2) is 4.90 Å². The first kappa shape index (κ1) is 15.6. The van der Waals surface area contributed by atoms with Crippen molar-refractivity contribution in [1.29, 1.82) is 0 Å². The van der Waals surface area contributed by atoms with Crippen molar-refractivity contribution in [3.63, 3.8) is 0 Å². The zero-order valence-corrected chi connectivity index (χ0v) is 12.2. The first-order valence-electron chi connectivity index (χ1n) is 7.50. The number of nitrogens with zero attached hydrogens (tertiary/aromatic N) is 3. The third kappa shape index (κ3) is 4.37. The van der Waals surface area contributed by atoms with Crippen LogP contribution >= 0.6 is 0 Å². The lowest BCUT2D eigenvalue weighted by atomic mass is 10.2. The van der Waals surface area contributed by atoms with Crippen LogP contribution < -0.4 is 0 Å². The van der Waals surface area contributed by atoms with Crippen LogP contribution in [-0.2, 0) is 9.47 Å². The van der Waals surface area contributed by atoms with Crippen LogP contribution in [0.5, 0.6) is 0 Å². The van der Waals surface area contributed by atoms with E-state index in [-0.39, 0.29) is 11.5 Å². The molecule has 0 aliphatic carbocycles. The molecule has 2 saturated heterocycles. The van der Waals surface area contributed by atoms with Gasteiger partial charge in [0.05, 0.1) is 19.3 Å². The van der Waals surface area contributed by atoms with Crippen LogP contribution in [0.15, 0.2) is 0 Å². The van der Waals surface area contributed by atoms with Gasteiger partial charge in [0.15, 0.2) is 0 Å². The Balaban J connectivity index is 1.70. The quantitative estimate of drug-likeness (QED) is 0.521. The highest BCUT2D eigenvalue weighted by Gasteiger charge is 2.31. The van der Waals surface area contributed by atoms with Crippen LogP contribution in [0, 0.1) is 10.1 Å². The minimum atomic E-state index is -0.670. The van der Waals surface area contributed by atoms with E-state index in [0.29, 0.717) is 19.3 Å². The van der Waals surface area contributed by atoms with Crippen molar-refractivity contribution in [2.24, 2.45) is 0 Å². The van der Waals surface area contributed by atoms with E-state index in [4.69, 9.17) is 9.47 Å². The van der Waals surface area contributed by atoms with Gasteiger partial charge < -0.3 is 9.47 Å². The second-order valence-electron chi connectivity index (χ2n) is 5.43. The summed E-state index contributed by atoms with van der Waals surface area (Å²) in [5, 5.41) is 11.0. The minimum absolute atomic E-state index is 0.211. The summed E-state index contributed by atoms with van der Waals surface area (Å²) in [6.45, 7) is 8.12. The minimum Gasteiger partial charge on any atom is -0.376 e.